The molecule has 6 nitrogen and oxygen atoms in total. The van der Waals surface area contributed by atoms with E-state index in [1.54, 1.807) is 0 Å². The Morgan fingerprint density at radius 2 is 0.615 bits per heavy atom. The molecule has 0 unspecified atom stereocenters. The average Bonchev–Trinajstić information content (AvgIpc) is 2.32. The van der Waals surface area contributed by atoms with Crippen molar-refractivity contribution in [1.82, 2.24) is 0 Å². The van der Waals surface area contributed by atoms with E-state index in [2.05, 4.69) is 0 Å². The summed E-state index contributed by atoms with van der Waals surface area (Å²) >= 11 is 0. The zero-order valence-electron chi connectivity index (χ0n) is 7.56. The van der Waals surface area contributed by atoms with E-state index in [1.807, 2.05) is 33.9 Å². The van der Waals surface area contributed by atoms with Crippen molar-refractivity contribution in [2.45, 2.75) is 6.92 Å². The Hall–Kier alpha value is -1.98. The topological polar surface area (TPSA) is 102 Å². The van der Waals surface area contributed by atoms with E-state index in [1.165, 1.54) is 6.92 Å². The molecule has 0 spiro atoms. The van der Waals surface area contributed by atoms with Crippen LogP contribution in [-0.2, 0) is 28.8 Å². The minimum Gasteiger partial charge on any atom is -0.307 e. The molecule has 0 radical (unpaired) electrons. The van der Waals surface area contributed by atoms with Gasteiger partial charge in [-0.1, -0.05) is 0 Å². The highest BCUT2D eigenvalue weighted by atomic mass is 16.1. The molecule has 0 saturated carbocycles. The number of hydrogen-bond acceptors (Lipinski definition) is 6. The van der Waals surface area contributed by atoms with Gasteiger partial charge in [0.25, 0.3) is 0 Å². The van der Waals surface area contributed by atoms with Gasteiger partial charge in [0.15, 0.2) is 0 Å². The molecule has 0 N–H and O–H groups in total. The van der Waals surface area contributed by atoms with Crippen molar-refractivity contribution in [3.63, 3.8) is 0 Å². The smallest absolute Gasteiger partial charge is 0.116 e. The van der Waals surface area contributed by atoms with Crippen LogP contribution in [0.3, 0.4) is 0 Å². The molecule has 13 heavy (non-hydrogen) atoms. The Balaban J connectivity index is -0.0000000115. The highest BCUT2D eigenvalue weighted by Gasteiger charge is 1.24. The lowest BCUT2D eigenvalue weighted by atomic mass is 11.0. The van der Waals surface area contributed by atoms with Gasteiger partial charge in [-0.3, -0.25) is 0 Å². The van der Waals surface area contributed by atoms with Crippen LogP contribution in [0.15, 0.2) is 0 Å². The van der Waals surface area contributed by atoms with Gasteiger partial charge in [0.05, 0.1) is 0 Å². The molecule has 0 aromatic heterocycles. The molecule has 78 valence electrons. The summed E-state index contributed by atoms with van der Waals surface area (Å²) < 4.78 is 0. The Kier molecular flexibility index (Phi) is 2870. The first-order chi connectivity index (χ1) is 6.41. The number of carbonyl (C=O) groups is 6. The predicted molar refractivity (Wildman–Crippen MR) is 47.3 cm³/mol. The van der Waals surface area contributed by atoms with Gasteiger partial charge in [-0.2, -0.15) is 0 Å². The molecule has 0 heterocycles. The van der Waals surface area contributed by atoms with Gasteiger partial charge in [0.2, 0.25) is 0 Å². The maximum Gasteiger partial charge on any atom is 0.116 e. The van der Waals surface area contributed by atoms with Crippen LogP contribution in [0.5, 0.6) is 0 Å². The van der Waals surface area contributed by atoms with Gasteiger partial charge in [0, 0.05) is 0 Å². The van der Waals surface area contributed by atoms with Gasteiger partial charge in [-0.25, -0.2) is 0 Å². The fourth-order valence-electron chi connectivity index (χ4n) is 0. The van der Waals surface area contributed by atoms with Crippen LogP contribution >= 0.6 is 0 Å². The fourth-order valence-corrected chi connectivity index (χ4v) is 0. The summed E-state index contributed by atoms with van der Waals surface area (Å²) in [5, 5.41) is 0. The number of carbonyl (C=O) groups excluding carboxylic acids is 6. The molecule has 0 saturated heterocycles. The Labute approximate surface area is 76.9 Å². The van der Waals surface area contributed by atoms with Crippen molar-refractivity contribution in [2.24, 2.45) is 0 Å². The first kappa shape index (κ1) is 43.9. The van der Waals surface area contributed by atoms with E-state index >= 15 is 0 Å². The average molecular weight is 194 g/mol. The van der Waals surface area contributed by atoms with E-state index in [0.29, 0.717) is 0 Å². The van der Waals surface area contributed by atoms with Gasteiger partial charge in [0.1, 0.15) is 40.2 Å². The van der Waals surface area contributed by atoms with Crippen molar-refractivity contribution >= 4 is 40.2 Å². The third kappa shape index (κ3) is 164. The Morgan fingerprint density at radius 1 is 0.615 bits per heavy atom. The standard InChI is InChI=1S/C2H4O.5CH2O/c1-2-3;5*1-2/h2H,1H3;5*1H2. The lowest BCUT2D eigenvalue weighted by Gasteiger charge is -1.23. The van der Waals surface area contributed by atoms with Crippen LogP contribution in [0.1, 0.15) is 6.92 Å². The first-order valence-corrected chi connectivity index (χ1v) is 2.26. The van der Waals surface area contributed by atoms with Crippen LogP contribution in [-0.4, -0.2) is 40.2 Å². The summed E-state index contributed by atoms with van der Waals surface area (Å²) in [6.07, 6.45) is 0.750. The highest BCUT2D eigenvalue weighted by molar-refractivity contribution is 5.44. The molecule has 0 rings (SSSR count). The second-order valence-corrected chi connectivity index (χ2v) is 0.236. The fraction of sp³-hybridized carbons (Fsp3) is 0.143. The Morgan fingerprint density at radius 3 is 0.615 bits per heavy atom. The summed E-state index contributed by atoms with van der Waals surface area (Å²) in [7, 11) is 0. The predicted octanol–water partition coefficient (Wildman–Crippen LogP) is -0.719. The van der Waals surface area contributed by atoms with E-state index in [-0.39, 0.29) is 0 Å². The minimum absolute atomic E-state index is 0.750. The third-order valence-corrected chi connectivity index (χ3v) is 0. The second-order valence-electron chi connectivity index (χ2n) is 0.236. The maximum atomic E-state index is 8.81. The van der Waals surface area contributed by atoms with Crippen molar-refractivity contribution in [3.8, 4) is 0 Å². The van der Waals surface area contributed by atoms with Crippen molar-refractivity contribution in [3.05, 3.63) is 0 Å². The summed E-state index contributed by atoms with van der Waals surface area (Å²) in [4.78, 5) is 48.8. The molecule has 0 aliphatic heterocycles. The lowest BCUT2D eigenvalue weighted by molar-refractivity contribution is -0.106. The SMILES string of the molecule is C=O.C=O.C=O.C=O.C=O.CC=O. The molecule has 0 aromatic carbocycles. The van der Waals surface area contributed by atoms with E-state index in [9.17, 15) is 0 Å². The minimum atomic E-state index is 0.750. The van der Waals surface area contributed by atoms with Crippen LogP contribution in [0.2, 0.25) is 0 Å². The van der Waals surface area contributed by atoms with Gasteiger partial charge >= 0.3 is 0 Å². The van der Waals surface area contributed by atoms with Crippen LogP contribution in [0.4, 0.5) is 0 Å². The monoisotopic (exact) mass is 194 g/mol. The normalized spacial score (nSPS) is 2.54. The molecule has 0 aliphatic carbocycles. The molecule has 0 fully saturated rings. The molecule has 0 amide bonds. The molecule has 0 aliphatic rings. The van der Waals surface area contributed by atoms with E-state index < -0.39 is 0 Å². The van der Waals surface area contributed by atoms with Gasteiger partial charge in [-0.15, -0.1) is 0 Å². The summed E-state index contributed by atoms with van der Waals surface area (Å²) in [5.74, 6) is 0. The number of hydrogen-bond donors (Lipinski definition) is 0. The van der Waals surface area contributed by atoms with Gasteiger partial charge < -0.3 is 28.8 Å². The van der Waals surface area contributed by atoms with Crippen molar-refractivity contribution in [1.29, 1.82) is 0 Å². The molecule has 0 bridgehead atoms. The van der Waals surface area contributed by atoms with E-state index in [4.69, 9.17) is 28.8 Å². The molecule has 0 atom stereocenters. The van der Waals surface area contributed by atoms with Crippen LogP contribution in [0.25, 0.3) is 0 Å². The van der Waals surface area contributed by atoms with Crippen LogP contribution in [0, 0.1) is 0 Å². The third-order valence-electron chi connectivity index (χ3n) is 0. The van der Waals surface area contributed by atoms with Crippen molar-refractivity contribution < 1.29 is 28.8 Å². The summed E-state index contributed by atoms with van der Waals surface area (Å²) in [6.45, 7) is 11.4. The molecule has 6 heteroatoms. The highest BCUT2D eigenvalue weighted by Crippen LogP contribution is 1.13. The van der Waals surface area contributed by atoms with Crippen molar-refractivity contribution in [2.75, 3.05) is 0 Å². The molecular formula is C7H14O6. The number of aldehydes is 1. The lowest BCUT2D eigenvalue weighted by Crippen LogP contribution is -1.36. The largest absolute Gasteiger partial charge is 0.307 e. The summed E-state index contributed by atoms with van der Waals surface area (Å²) in [5.41, 5.74) is 0. The Bertz CT molecular complexity index is 47.3. The van der Waals surface area contributed by atoms with Crippen LogP contribution < -0.4 is 0 Å². The summed E-state index contributed by atoms with van der Waals surface area (Å²) in [6, 6.07) is 0. The maximum absolute atomic E-state index is 8.81. The zero-order chi connectivity index (χ0) is 12.7. The first-order valence-electron chi connectivity index (χ1n) is 2.26. The zero-order valence-corrected chi connectivity index (χ0v) is 7.56. The van der Waals surface area contributed by atoms with E-state index in [0.717, 1.165) is 6.29 Å². The second kappa shape index (κ2) is 849. The molecular weight excluding hydrogens is 180 g/mol. The molecule has 0 aromatic rings. The van der Waals surface area contributed by atoms with Gasteiger partial charge in [-0.05, 0) is 6.92 Å². The number of rotatable bonds is 0. The quantitative estimate of drug-likeness (QED) is 0.471.